The molecule has 0 spiro atoms. The van der Waals surface area contributed by atoms with Gasteiger partial charge in [-0.3, -0.25) is 23.7 Å². The summed E-state index contributed by atoms with van der Waals surface area (Å²) in [5, 5.41) is 4.37. The average molecular weight is 653 g/mol. The van der Waals surface area contributed by atoms with Gasteiger partial charge in [0, 0.05) is 45.4 Å². The summed E-state index contributed by atoms with van der Waals surface area (Å²) in [4.78, 5) is 47.4. The van der Waals surface area contributed by atoms with Crippen molar-refractivity contribution in [1.82, 2.24) is 28.8 Å². The number of ketones is 1. The van der Waals surface area contributed by atoms with E-state index in [1.54, 1.807) is 23.9 Å². The third-order valence-electron chi connectivity index (χ3n) is 9.47. The van der Waals surface area contributed by atoms with Crippen molar-refractivity contribution < 1.29 is 13.9 Å². The van der Waals surface area contributed by atoms with Crippen molar-refractivity contribution in [1.29, 1.82) is 0 Å². The molecule has 48 heavy (non-hydrogen) atoms. The molecule has 0 amide bonds. The Kier molecular flexibility index (Phi) is 9.79. The van der Waals surface area contributed by atoms with E-state index in [9.17, 15) is 18.8 Å². The Morgan fingerprint density at radius 1 is 1.02 bits per heavy atom. The number of nitrogens with zero attached hydrogens (tertiary/aromatic N) is 6. The van der Waals surface area contributed by atoms with Crippen LogP contribution in [0.25, 0.3) is 27.8 Å². The smallest absolute Gasteiger partial charge is 0.337 e. The standard InChI is InChI=1S/C37H41FN6O4/c1-24-18-33(40-42(24)3)34(45)19-25-10-14-30(15-11-25)44-36(46)32-21-29(38)22-39-35(32)43(37(44)47)31-7-5-6-28(20-31)27-12-8-26(9-13-27)23-41(2)16-17-48-4/h5-9,12-13,18,20-22,25,30H,10-11,14-17,19,23H2,1-4H3. The van der Waals surface area contributed by atoms with Gasteiger partial charge >= 0.3 is 5.69 Å². The van der Waals surface area contributed by atoms with Gasteiger partial charge < -0.3 is 4.74 Å². The second-order valence-corrected chi connectivity index (χ2v) is 12.9. The first kappa shape index (κ1) is 33.2. The van der Waals surface area contributed by atoms with Gasteiger partial charge in [-0.25, -0.2) is 18.7 Å². The highest BCUT2D eigenvalue weighted by molar-refractivity contribution is 5.94. The SMILES string of the molecule is COCCN(C)Cc1ccc(-c2cccc(-n3c(=O)n(C4CCC(CC(=O)c5cc(C)n(C)n5)CC4)c(=O)c4cc(F)cnc43)c2)cc1. The molecule has 1 saturated carbocycles. The van der Waals surface area contributed by atoms with Crippen LogP contribution < -0.4 is 11.2 Å². The Hall–Kier alpha value is -4.74. The van der Waals surface area contributed by atoms with Crippen LogP contribution in [-0.4, -0.2) is 61.9 Å². The Bertz CT molecular complexity index is 2040. The maximum Gasteiger partial charge on any atom is 0.337 e. The molecule has 250 valence electrons. The van der Waals surface area contributed by atoms with Crippen LogP contribution in [0.15, 0.2) is 76.4 Å². The molecule has 3 aromatic heterocycles. The third-order valence-corrected chi connectivity index (χ3v) is 9.47. The molecule has 10 nitrogen and oxygen atoms in total. The van der Waals surface area contributed by atoms with E-state index in [0.717, 1.165) is 42.2 Å². The van der Waals surface area contributed by atoms with Gasteiger partial charge in [-0.15, -0.1) is 0 Å². The summed E-state index contributed by atoms with van der Waals surface area (Å²) in [5.41, 5.74) is 3.98. The quantitative estimate of drug-likeness (QED) is 0.174. The van der Waals surface area contributed by atoms with Gasteiger partial charge in [0.05, 0.1) is 23.9 Å². The molecule has 5 aromatic rings. The predicted molar refractivity (Wildman–Crippen MR) is 183 cm³/mol. The summed E-state index contributed by atoms with van der Waals surface area (Å²) in [7, 11) is 5.56. The number of carbonyl (C=O) groups excluding carboxylic acids is 1. The number of rotatable bonds is 11. The molecule has 6 rings (SSSR count). The Morgan fingerprint density at radius 2 is 1.77 bits per heavy atom. The lowest BCUT2D eigenvalue weighted by Gasteiger charge is -2.29. The number of likely N-dealkylation sites (N-methyl/N-ethyl adjacent to an activating group) is 1. The first-order valence-corrected chi connectivity index (χ1v) is 16.4. The number of pyridine rings is 1. The summed E-state index contributed by atoms with van der Waals surface area (Å²) in [6, 6.07) is 18.3. The van der Waals surface area contributed by atoms with E-state index in [4.69, 9.17) is 4.74 Å². The van der Waals surface area contributed by atoms with Crippen LogP contribution in [0.1, 0.15) is 59.9 Å². The first-order valence-electron chi connectivity index (χ1n) is 16.4. The maximum absolute atomic E-state index is 14.5. The average Bonchev–Trinajstić information content (AvgIpc) is 3.43. The van der Waals surface area contributed by atoms with Crippen LogP contribution in [0.2, 0.25) is 0 Å². The van der Waals surface area contributed by atoms with Crippen LogP contribution in [0.3, 0.4) is 0 Å². The predicted octanol–water partition coefficient (Wildman–Crippen LogP) is 5.48. The van der Waals surface area contributed by atoms with Crippen molar-refractivity contribution >= 4 is 16.8 Å². The fourth-order valence-corrected chi connectivity index (χ4v) is 6.67. The summed E-state index contributed by atoms with van der Waals surface area (Å²) >= 11 is 0. The highest BCUT2D eigenvalue weighted by Crippen LogP contribution is 2.34. The van der Waals surface area contributed by atoms with E-state index < -0.39 is 17.1 Å². The normalized spacial score (nSPS) is 16.5. The van der Waals surface area contributed by atoms with Gasteiger partial charge in [0.2, 0.25) is 0 Å². The van der Waals surface area contributed by atoms with E-state index >= 15 is 0 Å². The van der Waals surface area contributed by atoms with Gasteiger partial charge in [0.1, 0.15) is 11.5 Å². The number of carbonyl (C=O) groups is 1. The summed E-state index contributed by atoms with van der Waals surface area (Å²) < 4.78 is 24.0. The van der Waals surface area contributed by atoms with Crippen LogP contribution in [0.4, 0.5) is 4.39 Å². The molecule has 1 aliphatic carbocycles. The van der Waals surface area contributed by atoms with Gasteiger partial charge in [-0.2, -0.15) is 5.10 Å². The van der Waals surface area contributed by atoms with Crippen molar-refractivity contribution in [2.24, 2.45) is 13.0 Å². The second kappa shape index (κ2) is 14.2. The molecule has 0 N–H and O–H groups in total. The number of halogens is 1. The van der Waals surface area contributed by atoms with Crippen LogP contribution in [-0.2, 0) is 18.3 Å². The molecule has 0 unspecified atom stereocenters. The minimum absolute atomic E-state index is 0.00198. The topological polar surface area (TPSA) is 104 Å². The van der Waals surface area contributed by atoms with Crippen molar-refractivity contribution in [3.63, 3.8) is 0 Å². The van der Waals surface area contributed by atoms with E-state index in [-0.39, 0.29) is 28.8 Å². The van der Waals surface area contributed by atoms with Crippen molar-refractivity contribution in [3.8, 4) is 16.8 Å². The highest BCUT2D eigenvalue weighted by atomic mass is 19.1. The van der Waals surface area contributed by atoms with Gasteiger partial charge in [0.15, 0.2) is 11.4 Å². The molecule has 0 bridgehead atoms. The molecule has 11 heteroatoms. The maximum atomic E-state index is 14.5. The Labute approximate surface area is 278 Å². The zero-order chi connectivity index (χ0) is 33.9. The molecule has 0 aliphatic heterocycles. The summed E-state index contributed by atoms with van der Waals surface area (Å²) in [6.07, 6.45) is 3.86. The number of fused-ring (bicyclic) bond motifs is 1. The molecule has 3 heterocycles. The Morgan fingerprint density at radius 3 is 2.46 bits per heavy atom. The molecule has 0 radical (unpaired) electrons. The fraction of sp³-hybridized carbons (Fsp3) is 0.378. The lowest BCUT2D eigenvalue weighted by atomic mass is 9.82. The number of benzene rings is 2. The number of Topliss-reactive ketones (excluding diaryl/α,β-unsaturated/α-hetero) is 1. The van der Waals surface area contributed by atoms with E-state index in [0.29, 0.717) is 50.1 Å². The molecule has 2 aromatic carbocycles. The van der Waals surface area contributed by atoms with Gasteiger partial charge in [-0.05, 0) is 86.5 Å². The van der Waals surface area contributed by atoms with E-state index in [1.807, 2.05) is 44.3 Å². The molecule has 0 saturated heterocycles. The van der Waals surface area contributed by atoms with E-state index in [1.165, 1.54) is 14.7 Å². The number of aromatic nitrogens is 5. The van der Waals surface area contributed by atoms with E-state index in [2.05, 4.69) is 34.2 Å². The lowest BCUT2D eigenvalue weighted by Crippen LogP contribution is -2.43. The van der Waals surface area contributed by atoms with Crippen LogP contribution in [0.5, 0.6) is 0 Å². The zero-order valence-corrected chi connectivity index (χ0v) is 27.9. The Balaban J connectivity index is 1.29. The summed E-state index contributed by atoms with van der Waals surface area (Å²) in [5.74, 6) is -0.523. The van der Waals surface area contributed by atoms with Crippen LogP contribution in [0, 0.1) is 18.7 Å². The molecular weight excluding hydrogens is 611 g/mol. The number of hydrogen-bond donors (Lipinski definition) is 0. The number of hydrogen-bond acceptors (Lipinski definition) is 7. The third kappa shape index (κ3) is 6.93. The van der Waals surface area contributed by atoms with Crippen molar-refractivity contribution in [3.05, 3.63) is 110 Å². The zero-order valence-electron chi connectivity index (χ0n) is 27.9. The molecule has 1 fully saturated rings. The first-order chi connectivity index (χ1) is 23.1. The minimum atomic E-state index is -0.648. The lowest BCUT2D eigenvalue weighted by molar-refractivity contribution is 0.0937. The minimum Gasteiger partial charge on any atom is -0.383 e. The van der Waals surface area contributed by atoms with Crippen molar-refractivity contribution in [2.45, 2.75) is 51.6 Å². The second-order valence-electron chi connectivity index (χ2n) is 12.9. The highest BCUT2D eigenvalue weighted by Gasteiger charge is 2.29. The molecular formula is C37H41FN6O4. The largest absolute Gasteiger partial charge is 0.383 e. The van der Waals surface area contributed by atoms with Crippen LogP contribution >= 0.6 is 0 Å². The van der Waals surface area contributed by atoms with Crippen molar-refractivity contribution in [2.75, 3.05) is 27.3 Å². The fourth-order valence-electron chi connectivity index (χ4n) is 6.67. The molecule has 0 atom stereocenters. The van der Waals surface area contributed by atoms with Gasteiger partial charge in [0.25, 0.3) is 5.56 Å². The number of aryl methyl sites for hydroxylation is 2. The monoisotopic (exact) mass is 652 g/mol. The number of ether oxygens (including phenoxy) is 1. The molecule has 1 aliphatic rings. The number of methoxy groups -OCH3 is 1. The summed E-state index contributed by atoms with van der Waals surface area (Å²) in [6.45, 7) is 4.19. The van der Waals surface area contributed by atoms with Gasteiger partial charge in [-0.1, -0.05) is 36.4 Å².